The fourth-order valence-electron chi connectivity index (χ4n) is 1.43. The number of anilines is 1. The maximum atomic E-state index is 11.0. The molecular formula is C10H13NO3S. The molecule has 0 unspecified atom stereocenters. The first kappa shape index (κ1) is 11.7. The molecule has 0 saturated carbocycles. The molecule has 0 aromatic heterocycles. The summed E-state index contributed by atoms with van der Waals surface area (Å²) in [5.41, 5.74) is 5.75. The van der Waals surface area contributed by atoms with Crippen LogP contribution in [0.4, 0.5) is 5.69 Å². The zero-order chi connectivity index (χ0) is 11.6. The van der Waals surface area contributed by atoms with E-state index in [4.69, 9.17) is 10.3 Å². The van der Waals surface area contributed by atoms with E-state index in [1.165, 1.54) is 6.07 Å². The van der Waals surface area contributed by atoms with E-state index in [1.807, 2.05) is 13.0 Å². The van der Waals surface area contributed by atoms with Crippen LogP contribution in [0.1, 0.15) is 13.8 Å². The van der Waals surface area contributed by atoms with Gasteiger partial charge in [-0.1, -0.05) is 18.2 Å². The molecule has 0 amide bonds. The minimum atomic E-state index is -4.25. The molecule has 0 aliphatic rings. The van der Waals surface area contributed by atoms with Crippen molar-refractivity contribution < 1.29 is 13.0 Å². The molecule has 0 fully saturated rings. The highest BCUT2D eigenvalue weighted by Gasteiger charge is 2.13. The van der Waals surface area contributed by atoms with E-state index in [0.29, 0.717) is 5.22 Å². The van der Waals surface area contributed by atoms with Gasteiger partial charge in [0.2, 0.25) is 0 Å². The smallest absolute Gasteiger partial charge is 0.296 e. The van der Waals surface area contributed by atoms with Crippen molar-refractivity contribution in [1.82, 2.24) is 0 Å². The fourth-order valence-corrected chi connectivity index (χ4v) is 2.06. The number of nitrogen functional groups attached to an aromatic ring is 1. The highest BCUT2D eigenvalue weighted by molar-refractivity contribution is 7.86. The zero-order valence-electron chi connectivity index (χ0n) is 8.56. The van der Waals surface area contributed by atoms with Gasteiger partial charge in [0, 0.05) is 5.22 Å². The summed E-state index contributed by atoms with van der Waals surface area (Å²) >= 11 is 0. The maximum Gasteiger partial charge on any atom is 0.296 e. The van der Waals surface area contributed by atoms with Crippen molar-refractivity contribution in [2.45, 2.75) is 18.7 Å². The van der Waals surface area contributed by atoms with Crippen LogP contribution >= 0.6 is 0 Å². The van der Waals surface area contributed by atoms with E-state index >= 15 is 0 Å². The topological polar surface area (TPSA) is 80.4 Å². The molecule has 1 rings (SSSR count). The van der Waals surface area contributed by atoms with Gasteiger partial charge in [-0.05, 0) is 25.1 Å². The molecule has 0 spiro atoms. The van der Waals surface area contributed by atoms with Gasteiger partial charge in [0.1, 0.15) is 4.90 Å². The molecule has 0 bridgehead atoms. The predicted octanol–water partition coefficient (Wildman–Crippen LogP) is 0.116. The standard InChI is InChI=1S/C10H13NO3S/c1-3-7-5-6-9(15(12,13)14)10(11)8(7)4-2/h3-6H,11H2,1-2H3,(H,12,13,14)/b7-3-,8-4+. The first-order chi connectivity index (χ1) is 6.91. The monoisotopic (exact) mass is 227 g/mol. The molecule has 82 valence electrons. The van der Waals surface area contributed by atoms with Crippen LogP contribution in [0.25, 0.3) is 12.2 Å². The van der Waals surface area contributed by atoms with Crippen molar-refractivity contribution in [3.8, 4) is 0 Å². The molecule has 0 aliphatic carbocycles. The lowest BCUT2D eigenvalue weighted by atomic mass is 10.2. The summed E-state index contributed by atoms with van der Waals surface area (Å²) in [5.74, 6) is 0. The molecule has 0 atom stereocenters. The minimum absolute atomic E-state index is 0.0793. The Hall–Kier alpha value is -1.33. The van der Waals surface area contributed by atoms with Crippen LogP contribution in [0.2, 0.25) is 0 Å². The van der Waals surface area contributed by atoms with Crippen molar-refractivity contribution in [2.24, 2.45) is 0 Å². The Morgan fingerprint density at radius 2 is 1.87 bits per heavy atom. The van der Waals surface area contributed by atoms with Crippen molar-refractivity contribution >= 4 is 28.0 Å². The third kappa shape index (κ3) is 2.19. The van der Waals surface area contributed by atoms with Crippen LogP contribution in [0.3, 0.4) is 0 Å². The summed E-state index contributed by atoms with van der Waals surface area (Å²) < 4.78 is 30.9. The number of rotatable bonds is 1. The van der Waals surface area contributed by atoms with Crippen molar-refractivity contribution in [3.05, 3.63) is 22.6 Å². The van der Waals surface area contributed by atoms with Gasteiger partial charge in [0.25, 0.3) is 10.1 Å². The molecular weight excluding hydrogens is 214 g/mol. The average Bonchev–Trinajstić information content (AvgIpc) is 2.15. The Morgan fingerprint density at radius 3 is 2.27 bits per heavy atom. The Labute approximate surface area is 88.5 Å². The number of benzene rings is 1. The lowest BCUT2D eigenvalue weighted by molar-refractivity contribution is 0.483. The van der Waals surface area contributed by atoms with E-state index in [2.05, 4.69) is 0 Å². The van der Waals surface area contributed by atoms with Crippen molar-refractivity contribution in [1.29, 1.82) is 0 Å². The quantitative estimate of drug-likeness (QED) is 0.527. The van der Waals surface area contributed by atoms with E-state index < -0.39 is 10.1 Å². The molecule has 1 aromatic rings. The van der Waals surface area contributed by atoms with Crippen LogP contribution in [-0.2, 0) is 10.1 Å². The Bertz CT molecular complexity index is 588. The summed E-state index contributed by atoms with van der Waals surface area (Å²) in [6, 6.07) is 2.90. The normalized spacial score (nSPS) is 14.6. The highest BCUT2D eigenvalue weighted by atomic mass is 32.2. The second kappa shape index (κ2) is 4.04. The molecule has 15 heavy (non-hydrogen) atoms. The Balaban J connectivity index is 3.83. The van der Waals surface area contributed by atoms with Crippen LogP contribution in [0, 0.1) is 0 Å². The van der Waals surface area contributed by atoms with Crippen LogP contribution in [-0.4, -0.2) is 13.0 Å². The second-order valence-electron chi connectivity index (χ2n) is 3.03. The van der Waals surface area contributed by atoms with Crippen molar-refractivity contribution in [3.63, 3.8) is 0 Å². The largest absolute Gasteiger partial charge is 0.397 e. The third-order valence-electron chi connectivity index (χ3n) is 2.16. The van der Waals surface area contributed by atoms with Gasteiger partial charge in [0.05, 0.1) is 5.69 Å². The number of hydrogen-bond donors (Lipinski definition) is 2. The molecule has 0 heterocycles. The fraction of sp³-hybridized carbons (Fsp3) is 0.200. The van der Waals surface area contributed by atoms with E-state index in [1.54, 1.807) is 19.1 Å². The minimum Gasteiger partial charge on any atom is -0.397 e. The van der Waals surface area contributed by atoms with Gasteiger partial charge in [-0.25, -0.2) is 0 Å². The Kier molecular flexibility index (Phi) is 3.16. The van der Waals surface area contributed by atoms with Crippen LogP contribution < -0.4 is 16.2 Å². The first-order valence-electron chi connectivity index (χ1n) is 4.40. The summed E-state index contributed by atoms with van der Waals surface area (Å²) in [6.07, 6.45) is 3.53. The Morgan fingerprint density at radius 1 is 1.27 bits per heavy atom. The van der Waals surface area contributed by atoms with E-state index in [0.717, 1.165) is 5.22 Å². The molecule has 5 heteroatoms. The third-order valence-corrected chi connectivity index (χ3v) is 3.07. The first-order valence-corrected chi connectivity index (χ1v) is 5.84. The molecule has 0 radical (unpaired) electrons. The highest BCUT2D eigenvalue weighted by Crippen LogP contribution is 2.11. The SMILES string of the molecule is C/C=c1/ccc(S(=O)(=O)O)c(N)/c1=C/C. The van der Waals surface area contributed by atoms with Crippen LogP contribution in [0.15, 0.2) is 17.0 Å². The van der Waals surface area contributed by atoms with Gasteiger partial charge in [-0.3, -0.25) is 4.55 Å². The summed E-state index contributed by atoms with van der Waals surface area (Å²) in [6.45, 7) is 3.58. The summed E-state index contributed by atoms with van der Waals surface area (Å²) in [7, 11) is -4.25. The van der Waals surface area contributed by atoms with E-state index in [-0.39, 0.29) is 10.6 Å². The molecule has 0 aliphatic heterocycles. The van der Waals surface area contributed by atoms with Crippen molar-refractivity contribution in [2.75, 3.05) is 5.73 Å². The maximum absolute atomic E-state index is 11.0. The van der Waals surface area contributed by atoms with E-state index in [9.17, 15) is 8.42 Å². The van der Waals surface area contributed by atoms with Gasteiger partial charge < -0.3 is 5.73 Å². The lowest BCUT2D eigenvalue weighted by Gasteiger charge is -2.03. The second-order valence-corrected chi connectivity index (χ2v) is 4.42. The molecule has 1 aromatic carbocycles. The molecule has 0 saturated heterocycles. The molecule has 4 nitrogen and oxygen atoms in total. The van der Waals surface area contributed by atoms with Gasteiger partial charge in [-0.15, -0.1) is 0 Å². The van der Waals surface area contributed by atoms with Gasteiger partial charge in [-0.2, -0.15) is 8.42 Å². The summed E-state index contributed by atoms with van der Waals surface area (Å²) in [4.78, 5) is -0.249. The van der Waals surface area contributed by atoms with Crippen LogP contribution in [0.5, 0.6) is 0 Å². The predicted molar refractivity (Wildman–Crippen MR) is 60.2 cm³/mol. The lowest BCUT2D eigenvalue weighted by Crippen LogP contribution is -2.29. The number of nitrogens with two attached hydrogens (primary N) is 1. The number of hydrogen-bond acceptors (Lipinski definition) is 3. The average molecular weight is 227 g/mol. The van der Waals surface area contributed by atoms with Gasteiger partial charge >= 0.3 is 0 Å². The zero-order valence-corrected chi connectivity index (χ0v) is 9.38. The molecule has 3 N–H and O–H groups in total. The van der Waals surface area contributed by atoms with Gasteiger partial charge in [0.15, 0.2) is 0 Å². The summed E-state index contributed by atoms with van der Waals surface area (Å²) in [5, 5.41) is 1.45.